The Hall–Kier alpha value is -0.900. The average Bonchev–Trinajstić information content (AvgIpc) is 3.02. The first kappa shape index (κ1) is 15.2. The van der Waals surface area contributed by atoms with Crippen molar-refractivity contribution in [2.75, 3.05) is 6.61 Å². The molecular weight excluding hydrogens is 310 g/mol. The van der Waals surface area contributed by atoms with Crippen LogP contribution in [0.2, 0.25) is 0 Å². The molecule has 4 bridgehead atoms. The Morgan fingerprint density at radius 1 is 1.08 bits per heavy atom. The molecule has 0 aliphatic heterocycles. The zero-order chi connectivity index (χ0) is 16.8. The number of aryl methyl sites for hydroxylation is 1. The predicted octanol–water partition coefficient (Wildman–Crippen LogP) is 3.33. The van der Waals surface area contributed by atoms with E-state index in [1.54, 1.807) is 0 Å². The number of aromatic nitrogens is 3. The molecule has 5 atom stereocenters. The molecule has 0 saturated heterocycles. The zero-order valence-electron chi connectivity index (χ0n) is 15.5. The molecule has 2 unspecified atom stereocenters. The highest BCUT2D eigenvalue weighted by Crippen LogP contribution is 2.64. The summed E-state index contributed by atoms with van der Waals surface area (Å²) >= 11 is 0. The molecule has 6 aliphatic rings. The SMILES string of the molecule is CC12CC3CC(C1)CC(n1nnc4c1CC[C@H]1[C@H](CO)[C@H]1CC4)(C3)C2. The van der Waals surface area contributed by atoms with Gasteiger partial charge in [-0.3, -0.25) is 0 Å². The van der Waals surface area contributed by atoms with E-state index < -0.39 is 0 Å². The number of nitrogens with zero attached hydrogens (tertiary/aromatic N) is 3. The van der Waals surface area contributed by atoms with Crippen LogP contribution in [0.25, 0.3) is 0 Å². The summed E-state index contributed by atoms with van der Waals surface area (Å²) in [6.45, 7) is 2.93. The fourth-order valence-corrected chi connectivity index (χ4v) is 8.33. The first-order chi connectivity index (χ1) is 12.1. The Morgan fingerprint density at radius 3 is 2.48 bits per heavy atom. The van der Waals surface area contributed by atoms with E-state index in [-0.39, 0.29) is 5.54 Å². The van der Waals surface area contributed by atoms with Gasteiger partial charge in [0.25, 0.3) is 0 Å². The summed E-state index contributed by atoms with van der Waals surface area (Å²) in [5.41, 5.74) is 3.57. The van der Waals surface area contributed by atoms with Crippen molar-refractivity contribution in [3.8, 4) is 0 Å². The minimum absolute atomic E-state index is 0.276. The Bertz CT molecular complexity index is 696. The van der Waals surface area contributed by atoms with Crippen molar-refractivity contribution in [1.29, 1.82) is 0 Å². The molecule has 0 radical (unpaired) electrons. The van der Waals surface area contributed by atoms with Crippen molar-refractivity contribution in [2.45, 2.75) is 76.7 Å². The first-order valence-corrected chi connectivity index (χ1v) is 10.6. The molecule has 0 spiro atoms. The van der Waals surface area contributed by atoms with Gasteiger partial charge in [-0.15, -0.1) is 5.10 Å². The van der Waals surface area contributed by atoms with Crippen LogP contribution in [-0.4, -0.2) is 26.7 Å². The van der Waals surface area contributed by atoms with Crippen LogP contribution in [0.5, 0.6) is 0 Å². The largest absolute Gasteiger partial charge is 0.396 e. The van der Waals surface area contributed by atoms with Crippen molar-refractivity contribution >= 4 is 0 Å². The van der Waals surface area contributed by atoms with E-state index in [1.807, 2.05) is 0 Å². The molecule has 1 aromatic heterocycles. The molecule has 1 N–H and O–H groups in total. The lowest BCUT2D eigenvalue weighted by Gasteiger charge is -2.61. The number of rotatable bonds is 2. The lowest BCUT2D eigenvalue weighted by atomic mass is 9.47. The molecule has 1 heterocycles. The van der Waals surface area contributed by atoms with E-state index in [1.165, 1.54) is 62.8 Å². The quantitative estimate of drug-likeness (QED) is 0.898. The van der Waals surface area contributed by atoms with Gasteiger partial charge in [-0.1, -0.05) is 12.1 Å². The predicted molar refractivity (Wildman–Crippen MR) is 95.0 cm³/mol. The van der Waals surface area contributed by atoms with E-state index in [4.69, 9.17) is 10.3 Å². The number of hydrogen-bond donors (Lipinski definition) is 1. The van der Waals surface area contributed by atoms with Crippen LogP contribution in [0.1, 0.15) is 69.7 Å². The fraction of sp³-hybridized carbons (Fsp3) is 0.905. The summed E-state index contributed by atoms with van der Waals surface area (Å²) in [5, 5.41) is 19.1. The Labute approximate surface area is 150 Å². The van der Waals surface area contributed by atoms with E-state index in [0.717, 1.165) is 36.5 Å². The molecule has 7 rings (SSSR count). The van der Waals surface area contributed by atoms with Gasteiger partial charge in [0.15, 0.2) is 0 Å². The van der Waals surface area contributed by atoms with Crippen molar-refractivity contribution in [1.82, 2.24) is 15.0 Å². The topological polar surface area (TPSA) is 50.9 Å². The highest BCUT2D eigenvalue weighted by molar-refractivity contribution is 5.19. The molecule has 25 heavy (non-hydrogen) atoms. The second kappa shape index (κ2) is 4.88. The summed E-state index contributed by atoms with van der Waals surface area (Å²) in [6.07, 6.45) is 13.0. The first-order valence-electron chi connectivity index (χ1n) is 10.6. The molecule has 4 nitrogen and oxygen atoms in total. The van der Waals surface area contributed by atoms with E-state index in [9.17, 15) is 5.11 Å². The van der Waals surface area contributed by atoms with E-state index in [2.05, 4.69) is 11.6 Å². The Morgan fingerprint density at radius 2 is 1.80 bits per heavy atom. The van der Waals surface area contributed by atoms with Crippen molar-refractivity contribution in [2.24, 2.45) is 35.0 Å². The lowest BCUT2D eigenvalue weighted by Crippen LogP contribution is -2.56. The maximum absolute atomic E-state index is 9.59. The third-order valence-electron chi connectivity index (χ3n) is 8.76. The van der Waals surface area contributed by atoms with Gasteiger partial charge in [-0.25, -0.2) is 4.68 Å². The lowest BCUT2D eigenvalue weighted by molar-refractivity contribution is -0.0988. The molecule has 5 fully saturated rings. The van der Waals surface area contributed by atoms with Crippen molar-refractivity contribution < 1.29 is 5.11 Å². The second-order valence-corrected chi connectivity index (χ2v) is 10.6. The number of fused-ring (bicyclic) bond motifs is 2. The normalized spacial score (nSPS) is 50.1. The van der Waals surface area contributed by atoms with Gasteiger partial charge >= 0.3 is 0 Å². The highest BCUT2D eigenvalue weighted by atomic mass is 16.3. The van der Waals surface area contributed by atoms with Crippen LogP contribution < -0.4 is 0 Å². The molecule has 5 saturated carbocycles. The summed E-state index contributed by atoms with van der Waals surface area (Å²) in [5.74, 6) is 3.93. The molecular formula is C21H31N3O. The molecule has 6 aliphatic carbocycles. The maximum Gasteiger partial charge on any atom is 0.0859 e. The van der Waals surface area contributed by atoms with Crippen LogP contribution in [0, 0.1) is 35.0 Å². The van der Waals surface area contributed by atoms with Gasteiger partial charge in [0.2, 0.25) is 0 Å². The molecule has 0 amide bonds. The third kappa shape index (κ3) is 2.09. The van der Waals surface area contributed by atoms with Crippen LogP contribution in [0.4, 0.5) is 0 Å². The second-order valence-electron chi connectivity index (χ2n) is 10.6. The van der Waals surface area contributed by atoms with Crippen LogP contribution in [0.15, 0.2) is 0 Å². The average molecular weight is 341 g/mol. The Balaban J connectivity index is 1.35. The van der Waals surface area contributed by atoms with Crippen LogP contribution in [-0.2, 0) is 18.4 Å². The standard InChI is InChI=1S/C21H31N3O/c1-20-7-13-6-14(8-20)10-21(9-13,12-20)24-19-5-3-16-15(17(16)11-25)2-4-18(19)22-23-24/h13-17,25H,2-12H2,1H3/t13?,14?,15-,16+,17+,20?,21?/m0/s1. The monoisotopic (exact) mass is 341 g/mol. The van der Waals surface area contributed by atoms with Gasteiger partial charge in [0, 0.05) is 6.61 Å². The Kier molecular flexibility index (Phi) is 2.96. The smallest absolute Gasteiger partial charge is 0.0859 e. The molecule has 1 aromatic rings. The van der Waals surface area contributed by atoms with Gasteiger partial charge in [0.05, 0.1) is 16.9 Å². The minimum atomic E-state index is 0.276. The minimum Gasteiger partial charge on any atom is -0.396 e. The van der Waals surface area contributed by atoms with Crippen LogP contribution in [0.3, 0.4) is 0 Å². The van der Waals surface area contributed by atoms with Gasteiger partial charge in [-0.05, 0) is 99.2 Å². The van der Waals surface area contributed by atoms with Crippen LogP contribution >= 0.6 is 0 Å². The number of aliphatic hydroxyl groups is 1. The van der Waals surface area contributed by atoms with Gasteiger partial charge < -0.3 is 5.11 Å². The van der Waals surface area contributed by atoms with Crippen molar-refractivity contribution in [3.05, 3.63) is 11.4 Å². The summed E-state index contributed by atoms with van der Waals surface area (Å²) in [7, 11) is 0. The van der Waals surface area contributed by atoms with Gasteiger partial charge in [0.1, 0.15) is 0 Å². The summed E-state index contributed by atoms with van der Waals surface area (Å²) in [6, 6.07) is 0. The van der Waals surface area contributed by atoms with Gasteiger partial charge in [-0.2, -0.15) is 0 Å². The fourth-order valence-electron chi connectivity index (χ4n) is 8.33. The zero-order valence-corrected chi connectivity index (χ0v) is 15.5. The molecule has 136 valence electrons. The number of hydrogen-bond acceptors (Lipinski definition) is 3. The summed E-state index contributed by atoms with van der Waals surface area (Å²) < 4.78 is 2.45. The van der Waals surface area contributed by atoms with Crippen molar-refractivity contribution in [3.63, 3.8) is 0 Å². The molecule has 4 heteroatoms. The summed E-state index contributed by atoms with van der Waals surface area (Å²) in [4.78, 5) is 0. The third-order valence-corrected chi connectivity index (χ3v) is 8.76. The van der Waals surface area contributed by atoms with E-state index >= 15 is 0 Å². The molecule has 0 aromatic carbocycles. The maximum atomic E-state index is 9.59. The number of aliphatic hydroxyl groups excluding tert-OH is 1. The highest BCUT2D eigenvalue weighted by Gasteiger charge is 2.58. The van der Waals surface area contributed by atoms with E-state index in [0.29, 0.717) is 17.9 Å².